The van der Waals surface area contributed by atoms with Crippen molar-refractivity contribution in [1.29, 1.82) is 0 Å². The van der Waals surface area contributed by atoms with Crippen LogP contribution in [0.25, 0.3) is 0 Å². The van der Waals surface area contributed by atoms with Gasteiger partial charge in [-0.2, -0.15) is 0 Å². The van der Waals surface area contributed by atoms with Crippen molar-refractivity contribution in [2.75, 3.05) is 6.61 Å². The zero-order valence-electron chi connectivity index (χ0n) is 15.2. The van der Waals surface area contributed by atoms with Crippen LogP contribution < -0.4 is 0 Å². The van der Waals surface area contributed by atoms with E-state index < -0.39 is 0 Å². The van der Waals surface area contributed by atoms with Crippen LogP contribution in [0.15, 0.2) is 5.16 Å². The lowest BCUT2D eigenvalue weighted by atomic mass is 10.0. The van der Waals surface area contributed by atoms with Crippen molar-refractivity contribution < 1.29 is 4.84 Å². The molecular formula is C20H40NO. The first-order chi connectivity index (χ1) is 10.9. The highest BCUT2D eigenvalue weighted by molar-refractivity contribution is 5.60. The molecule has 0 saturated heterocycles. The predicted molar refractivity (Wildman–Crippen MR) is 99.3 cm³/mol. The summed E-state index contributed by atoms with van der Waals surface area (Å²) in [7, 11) is 0. The average Bonchev–Trinajstić information content (AvgIpc) is 2.54. The van der Waals surface area contributed by atoms with Gasteiger partial charge >= 0.3 is 0 Å². The van der Waals surface area contributed by atoms with Crippen LogP contribution in [0.1, 0.15) is 110 Å². The summed E-state index contributed by atoms with van der Waals surface area (Å²) in [6, 6.07) is 0. The monoisotopic (exact) mass is 310 g/mol. The number of oxime groups is 1. The highest BCUT2D eigenvalue weighted by atomic mass is 16.6. The van der Waals surface area contributed by atoms with Gasteiger partial charge in [-0.15, -0.1) is 0 Å². The number of nitrogens with zero attached hydrogens (tertiary/aromatic N) is 1. The van der Waals surface area contributed by atoms with Gasteiger partial charge < -0.3 is 4.84 Å². The second-order valence-electron chi connectivity index (χ2n) is 6.42. The highest BCUT2D eigenvalue weighted by Crippen LogP contribution is 2.13. The van der Waals surface area contributed by atoms with Crippen molar-refractivity contribution in [3.05, 3.63) is 6.92 Å². The Bertz CT molecular complexity index is 216. The van der Waals surface area contributed by atoms with Gasteiger partial charge in [0.2, 0.25) is 0 Å². The van der Waals surface area contributed by atoms with Crippen LogP contribution in [0.2, 0.25) is 0 Å². The maximum atomic E-state index is 5.01. The minimum Gasteiger partial charge on any atom is -0.396 e. The predicted octanol–water partition coefficient (Wildman–Crippen LogP) is 7.08. The fraction of sp³-hybridized carbons (Fsp3) is 0.900. The highest BCUT2D eigenvalue weighted by Gasteiger charge is 1.94. The molecule has 0 aliphatic carbocycles. The summed E-state index contributed by atoms with van der Waals surface area (Å²) in [5.74, 6) is 0. The fourth-order valence-electron chi connectivity index (χ4n) is 2.82. The van der Waals surface area contributed by atoms with E-state index in [1.165, 1.54) is 103 Å². The topological polar surface area (TPSA) is 21.6 Å². The van der Waals surface area contributed by atoms with Crippen LogP contribution >= 0.6 is 0 Å². The number of hydrogen-bond acceptors (Lipinski definition) is 2. The van der Waals surface area contributed by atoms with Gasteiger partial charge in [0, 0.05) is 6.21 Å². The van der Waals surface area contributed by atoms with Gasteiger partial charge in [-0.25, -0.2) is 0 Å². The molecule has 0 amide bonds. The van der Waals surface area contributed by atoms with Crippen molar-refractivity contribution in [1.82, 2.24) is 0 Å². The number of unbranched alkanes of at least 4 members (excludes halogenated alkanes) is 15. The molecular weight excluding hydrogens is 270 g/mol. The lowest BCUT2D eigenvalue weighted by molar-refractivity contribution is 0.141. The second-order valence-corrected chi connectivity index (χ2v) is 6.42. The zero-order chi connectivity index (χ0) is 16.1. The summed E-state index contributed by atoms with van der Waals surface area (Å²) < 4.78 is 0. The molecule has 0 aromatic heterocycles. The Hall–Kier alpha value is -0.530. The number of hydrogen-bond donors (Lipinski definition) is 0. The van der Waals surface area contributed by atoms with Gasteiger partial charge in [0.05, 0.1) is 0 Å². The molecule has 2 heteroatoms. The Morgan fingerprint density at radius 1 is 0.636 bits per heavy atom. The molecule has 0 aliphatic heterocycles. The zero-order valence-corrected chi connectivity index (χ0v) is 15.2. The van der Waals surface area contributed by atoms with Gasteiger partial charge in [0.25, 0.3) is 0 Å². The normalized spacial score (nSPS) is 11.4. The molecule has 0 fully saturated rings. The molecule has 0 rings (SSSR count). The fourth-order valence-corrected chi connectivity index (χ4v) is 2.82. The molecule has 2 nitrogen and oxygen atoms in total. The van der Waals surface area contributed by atoms with E-state index in [1.807, 2.05) is 0 Å². The first kappa shape index (κ1) is 21.5. The van der Waals surface area contributed by atoms with Crippen LogP contribution in [0.3, 0.4) is 0 Å². The third-order valence-electron chi connectivity index (χ3n) is 4.24. The summed E-state index contributed by atoms with van der Waals surface area (Å²) in [5, 5.41) is 3.64. The van der Waals surface area contributed by atoms with Gasteiger partial charge in [-0.3, -0.25) is 0 Å². The first-order valence-corrected chi connectivity index (χ1v) is 9.84. The molecule has 0 bridgehead atoms. The third-order valence-corrected chi connectivity index (χ3v) is 4.24. The minimum atomic E-state index is 0.741. The molecule has 0 saturated carbocycles. The Kier molecular flexibility index (Phi) is 20.0. The van der Waals surface area contributed by atoms with E-state index in [4.69, 9.17) is 4.84 Å². The van der Waals surface area contributed by atoms with Crippen molar-refractivity contribution in [3.8, 4) is 0 Å². The largest absolute Gasteiger partial charge is 0.396 e. The molecule has 131 valence electrons. The van der Waals surface area contributed by atoms with Crippen LogP contribution in [-0.4, -0.2) is 12.8 Å². The van der Waals surface area contributed by atoms with Crippen LogP contribution in [0.5, 0.6) is 0 Å². The quantitative estimate of drug-likeness (QED) is 0.150. The van der Waals surface area contributed by atoms with Crippen molar-refractivity contribution in [2.45, 2.75) is 110 Å². The average molecular weight is 311 g/mol. The van der Waals surface area contributed by atoms with E-state index in [0.717, 1.165) is 13.0 Å². The standard InChI is InChI=1S/C20H40NO/c1-3-5-6-7-8-9-10-11-12-13-14-15-16-17-18-19-20-22-21-4-2/h4H,2-3,5-20H2,1H3. The molecule has 0 aromatic rings. The first-order valence-electron chi connectivity index (χ1n) is 9.84. The van der Waals surface area contributed by atoms with Crippen molar-refractivity contribution in [2.24, 2.45) is 5.16 Å². The Balaban J connectivity index is 2.94. The van der Waals surface area contributed by atoms with E-state index in [2.05, 4.69) is 19.0 Å². The summed E-state index contributed by atoms with van der Waals surface area (Å²) in [6.07, 6.45) is 23.8. The summed E-state index contributed by atoms with van der Waals surface area (Å²) >= 11 is 0. The molecule has 0 aliphatic rings. The molecule has 0 unspecified atom stereocenters. The third kappa shape index (κ3) is 19.5. The van der Waals surface area contributed by atoms with E-state index >= 15 is 0 Å². The molecule has 0 N–H and O–H groups in total. The summed E-state index contributed by atoms with van der Waals surface area (Å²) in [5.41, 5.74) is 0. The van der Waals surface area contributed by atoms with Gasteiger partial charge in [-0.05, 0) is 19.8 Å². The van der Waals surface area contributed by atoms with Crippen molar-refractivity contribution in [3.63, 3.8) is 0 Å². The molecule has 1 radical (unpaired) electrons. The Labute approximate surface area is 140 Å². The maximum absolute atomic E-state index is 5.01. The minimum absolute atomic E-state index is 0.741. The van der Waals surface area contributed by atoms with Crippen molar-refractivity contribution >= 4 is 6.21 Å². The second kappa shape index (κ2) is 20.5. The van der Waals surface area contributed by atoms with Gasteiger partial charge in [0.15, 0.2) is 0 Å². The van der Waals surface area contributed by atoms with E-state index in [1.54, 1.807) is 0 Å². The Morgan fingerprint density at radius 3 is 1.36 bits per heavy atom. The SMILES string of the molecule is [CH2]C=NOCCCCCCCCCCCCCCCCCC. The van der Waals surface area contributed by atoms with Crippen LogP contribution in [0.4, 0.5) is 0 Å². The van der Waals surface area contributed by atoms with Crippen LogP contribution in [-0.2, 0) is 4.84 Å². The molecule has 0 aromatic carbocycles. The maximum Gasteiger partial charge on any atom is 0.117 e. The molecule has 0 atom stereocenters. The Morgan fingerprint density at radius 2 is 1.00 bits per heavy atom. The lowest BCUT2D eigenvalue weighted by Gasteiger charge is -2.03. The molecule has 0 heterocycles. The lowest BCUT2D eigenvalue weighted by Crippen LogP contribution is -1.88. The summed E-state index contributed by atoms with van der Waals surface area (Å²) in [4.78, 5) is 5.01. The smallest absolute Gasteiger partial charge is 0.117 e. The van der Waals surface area contributed by atoms with Crippen LogP contribution in [0, 0.1) is 6.92 Å². The molecule has 0 spiro atoms. The van der Waals surface area contributed by atoms with Gasteiger partial charge in [-0.1, -0.05) is 102 Å². The van der Waals surface area contributed by atoms with E-state index in [0.29, 0.717) is 0 Å². The molecule has 22 heavy (non-hydrogen) atoms. The summed E-state index contributed by atoms with van der Waals surface area (Å²) in [6.45, 7) is 6.51. The number of rotatable bonds is 18. The van der Waals surface area contributed by atoms with E-state index in [-0.39, 0.29) is 0 Å². The van der Waals surface area contributed by atoms with Gasteiger partial charge in [0.1, 0.15) is 6.61 Å². The van der Waals surface area contributed by atoms with E-state index in [9.17, 15) is 0 Å².